The van der Waals surface area contributed by atoms with Gasteiger partial charge in [0.15, 0.2) is 11.6 Å². The summed E-state index contributed by atoms with van der Waals surface area (Å²) in [6.07, 6.45) is -3.98. The highest BCUT2D eigenvalue weighted by Gasteiger charge is 2.40. The minimum atomic E-state index is -4.93. The molecule has 4 aromatic rings. The van der Waals surface area contributed by atoms with Crippen LogP contribution in [0, 0.1) is 18.7 Å². The lowest BCUT2D eigenvalue weighted by Crippen LogP contribution is -2.32. The van der Waals surface area contributed by atoms with Gasteiger partial charge < -0.3 is 30.1 Å². The normalized spacial score (nSPS) is 17.2. The molecule has 2 atom stereocenters. The number of nitrogens with one attached hydrogen (secondary N) is 1. The van der Waals surface area contributed by atoms with Crippen LogP contribution in [0.25, 0.3) is 22.2 Å². The Hall–Kier alpha value is -4.70. The van der Waals surface area contributed by atoms with E-state index < -0.39 is 51.5 Å². The zero-order chi connectivity index (χ0) is 34.5. The van der Waals surface area contributed by atoms with Crippen LogP contribution in [0.1, 0.15) is 36.1 Å². The summed E-state index contributed by atoms with van der Waals surface area (Å²) in [6.45, 7) is 4.85. The Balaban J connectivity index is 1.59. The molecule has 0 spiro atoms. The summed E-state index contributed by atoms with van der Waals surface area (Å²) >= 11 is 6.75. The molecule has 1 unspecified atom stereocenters. The van der Waals surface area contributed by atoms with Crippen molar-refractivity contribution >= 4 is 46.1 Å². The summed E-state index contributed by atoms with van der Waals surface area (Å²) in [5.74, 6) is -1.30. The quantitative estimate of drug-likeness (QED) is 0.191. The van der Waals surface area contributed by atoms with Gasteiger partial charge in [0.1, 0.15) is 29.6 Å². The van der Waals surface area contributed by atoms with Crippen molar-refractivity contribution in [1.82, 2.24) is 24.8 Å². The molecule has 0 radical (unpaired) electrons. The molecule has 254 valence electrons. The number of likely N-dealkylation sites (tertiary alicyclic amines) is 1. The number of hydrogen-bond donors (Lipinski definition) is 3. The number of nitrogens with zero attached hydrogens (tertiary/aromatic N) is 6. The van der Waals surface area contributed by atoms with Gasteiger partial charge in [-0.2, -0.15) is 23.1 Å². The third-order valence-corrected chi connectivity index (χ3v) is 8.83. The lowest BCUT2D eigenvalue weighted by molar-refractivity contribution is -0.137. The van der Waals surface area contributed by atoms with Crippen LogP contribution in [0.15, 0.2) is 24.4 Å². The van der Waals surface area contributed by atoms with Crippen LogP contribution in [0.4, 0.5) is 39.8 Å². The number of nitrogens with two attached hydrogens (primary N) is 1. The van der Waals surface area contributed by atoms with Gasteiger partial charge in [-0.1, -0.05) is 17.7 Å². The molecule has 3 aromatic heterocycles. The Morgan fingerprint density at radius 3 is 2.75 bits per heavy atom. The van der Waals surface area contributed by atoms with Crippen LogP contribution in [-0.2, 0) is 6.18 Å². The maximum atomic E-state index is 16.9. The number of amides is 1. The number of carbonyl (C=O) groups is 1. The SMILES string of the molecule is Cc1cc(N)nc(-c2c(Cl)c3c4c(nc(OCC5CCN(C)C5)nc4c2F)N([C@H](C)c2cccnc2NC(=O)O)CCO3)c1C(F)(F)F. The van der Waals surface area contributed by atoms with Crippen molar-refractivity contribution in [1.29, 1.82) is 0 Å². The highest BCUT2D eigenvalue weighted by atomic mass is 35.5. The Morgan fingerprint density at radius 1 is 1.29 bits per heavy atom. The molecule has 1 aromatic carbocycles. The van der Waals surface area contributed by atoms with E-state index in [1.807, 2.05) is 7.05 Å². The minimum absolute atomic E-state index is 0.00984. The Morgan fingerprint density at radius 2 is 2.06 bits per heavy atom. The highest BCUT2D eigenvalue weighted by Crippen LogP contribution is 2.51. The minimum Gasteiger partial charge on any atom is -0.489 e. The van der Waals surface area contributed by atoms with E-state index in [0.717, 1.165) is 25.6 Å². The summed E-state index contributed by atoms with van der Waals surface area (Å²) < 4.78 is 72.1. The number of anilines is 3. The zero-order valence-corrected chi connectivity index (χ0v) is 26.8. The van der Waals surface area contributed by atoms with Crippen molar-refractivity contribution in [3.63, 3.8) is 0 Å². The standard InChI is InChI=1S/C31H31ClF4N8O4/c1-14-11-18(37)39-24(21(14)31(34,35)36)19-22(32)26-20-25(23(19)33)40-29(48-13-16-6-8-43(3)12-16)42-28(20)44(9-10-47-26)15(2)17-5-4-7-38-27(17)41-30(45)46/h4-5,7,11,15-16H,6,8-10,12-13H2,1-3H3,(H2,37,39)(H,38,41)(H,45,46)/t15-,16?/m1/s1. The molecule has 17 heteroatoms. The number of ether oxygens (including phenoxy) is 2. The van der Waals surface area contributed by atoms with Crippen LogP contribution < -0.4 is 25.4 Å². The van der Waals surface area contributed by atoms with Crippen LogP contribution in [0.3, 0.4) is 0 Å². The predicted molar refractivity (Wildman–Crippen MR) is 170 cm³/mol. The first-order chi connectivity index (χ1) is 22.7. The second-order valence-electron chi connectivity index (χ2n) is 11.8. The van der Waals surface area contributed by atoms with Crippen LogP contribution in [0.5, 0.6) is 11.8 Å². The molecule has 1 amide bonds. The van der Waals surface area contributed by atoms with E-state index in [1.54, 1.807) is 24.0 Å². The fourth-order valence-electron chi connectivity index (χ4n) is 6.30. The zero-order valence-electron chi connectivity index (χ0n) is 26.0. The summed E-state index contributed by atoms with van der Waals surface area (Å²) in [4.78, 5) is 32.5. The second kappa shape index (κ2) is 12.7. The van der Waals surface area contributed by atoms with E-state index in [2.05, 4.69) is 30.2 Å². The number of nitrogen functional groups attached to an aromatic ring is 1. The lowest BCUT2D eigenvalue weighted by atomic mass is 9.98. The number of alkyl halides is 3. The van der Waals surface area contributed by atoms with E-state index in [0.29, 0.717) is 5.56 Å². The monoisotopic (exact) mass is 690 g/mol. The van der Waals surface area contributed by atoms with Gasteiger partial charge in [-0.3, -0.25) is 5.32 Å². The summed E-state index contributed by atoms with van der Waals surface area (Å²) in [7, 11) is 1.98. The number of aryl methyl sites for hydroxylation is 1. The van der Waals surface area contributed by atoms with Gasteiger partial charge in [-0.05, 0) is 51.6 Å². The number of aromatic nitrogens is 4. The molecule has 5 heterocycles. The Labute approximate surface area is 276 Å². The predicted octanol–water partition coefficient (Wildman–Crippen LogP) is 6.17. The summed E-state index contributed by atoms with van der Waals surface area (Å²) in [5, 5.41) is 11.2. The fraction of sp³-hybridized carbons (Fsp3) is 0.387. The Kier molecular flexibility index (Phi) is 8.80. The molecular formula is C31H31ClF4N8O4. The molecule has 2 aliphatic rings. The van der Waals surface area contributed by atoms with E-state index in [1.165, 1.54) is 13.1 Å². The fourth-order valence-corrected chi connectivity index (χ4v) is 6.62. The largest absolute Gasteiger partial charge is 0.489 e. The van der Waals surface area contributed by atoms with Crippen molar-refractivity contribution in [3.8, 4) is 23.0 Å². The average Bonchev–Trinajstić information content (AvgIpc) is 3.32. The molecule has 48 heavy (non-hydrogen) atoms. The molecule has 0 saturated carbocycles. The molecule has 1 fully saturated rings. The van der Waals surface area contributed by atoms with Gasteiger partial charge in [0.2, 0.25) is 0 Å². The molecule has 0 aliphatic carbocycles. The lowest BCUT2D eigenvalue weighted by Gasteiger charge is -2.30. The van der Waals surface area contributed by atoms with Gasteiger partial charge in [-0.15, -0.1) is 0 Å². The molecule has 0 bridgehead atoms. The van der Waals surface area contributed by atoms with Gasteiger partial charge in [0.05, 0.1) is 46.4 Å². The number of halogens is 5. The number of rotatable bonds is 7. The number of benzene rings is 1. The molecule has 6 rings (SSSR count). The van der Waals surface area contributed by atoms with Crippen molar-refractivity contribution in [2.24, 2.45) is 5.92 Å². The maximum absolute atomic E-state index is 16.9. The van der Waals surface area contributed by atoms with Crippen molar-refractivity contribution < 1.29 is 36.9 Å². The molecule has 12 nitrogen and oxygen atoms in total. The van der Waals surface area contributed by atoms with E-state index in [9.17, 15) is 23.1 Å². The van der Waals surface area contributed by atoms with E-state index >= 15 is 4.39 Å². The highest BCUT2D eigenvalue weighted by molar-refractivity contribution is 6.36. The van der Waals surface area contributed by atoms with Crippen LogP contribution in [0.2, 0.25) is 5.02 Å². The first-order valence-corrected chi connectivity index (χ1v) is 15.3. The van der Waals surface area contributed by atoms with Gasteiger partial charge in [-0.25, -0.2) is 19.2 Å². The van der Waals surface area contributed by atoms with E-state index in [-0.39, 0.29) is 65.8 Å². The van der Waals surface area contributed by atoms with Crippen molar-refractivity contribution in [3.05, 3.63) is 51.9 Å². The third kappa shape index (κ3) is 6.17. The second-order valence-corrected chi connectivity index (χ2v) is 12.2. The van der Waals surface area contributed by atoms with Crippen molar-refractivity contribution in [2.45, 2.75) is 32.5 Å². The topological polar surface area (TPSA) is 152 Å². The number of pyridine rings is 2. The Bertz CT molecular complexity index is 1910. The smallest absolute Gasteiger partial charge is 0.418 e. The molecule has 2 aliphatic heterocycles. The van der Waals surface area contributed by atoms with Gasteiger partial charge in [0, 0.05) is 24.2 Å². The third-order valence-electron chi connectivity index (χ3n) is 8.47. The van der Waals surface area contributed by atoms with E-state index in [4.69, 9.17) is 26.8 Å². The van der Waals surface area contributed by atoms with Gasteiger partial charge in [0.25, 0.3) is 0 Å². The summed E-state index contributed by atoms with van der Waals surface area (Å²) in [6, 6.07) is 3.49. The van der Waals surface area contributed by atoms with Crippen LogP contribution >= 0.6 is 11.6 Å². The number of carboxylic acid groups (broad SMARTS) is 1. The molecular weight excluding hydrogens is 660 g/mol. The first-order valence-electron chi connectivity index (χ1n) is 15.0. The van der Waals surface area contributed by atoms with Crippen molar-refractivity contribution in [2.75, 3.05) is 55.8 Å². The molecule has 1 saturated heterocycles. The molecule has 4 N–H and O–H groups in total. The first kappa shape index (κ1) is 33.2. The number of hydrogen-bond acceptors (Lipinski definition) is 10. The van der Waals surface area contributed by atoms with Crippen LogP contribution in [-0.4, -0.2) is 75.9 Å². The summed E-state index contributed by atoms with van der Waals surface area (Å²) in [5.41, 5.74) is 2.94. The average molecular weight is 691 g/mol. The maximum Gasteiger partial charge on any atom is 0.418 e. The van der Waals surface area contributed by atoms with Gasteiger partial charge >= 0.3 is 18.3 Å².